The Hall–Kier alpha value is -3.21. The zero-order valence-electron chi connectivity index (χ0n) is 13.5. The zero-order chi connectivity index (χ0) is 18.7. The summed E-state index contributed by atoms with van der Waals surface area (Å²) < 4.78 is 5.49. The number of benzene rings is 1. The summed E-state index contributed by atoms with van der Waals surface area (Å²) in [7, 11) is 0. The maximum absolute atomic E-state index is 11.8. The molecule has 26 heavy (non-hydrogen) atoms. The van der Waals surface area contributed by atoms with E-state index in [0.29, 0.717) is 17.0 Å². The van der Waals surface area contributed by atoms with Crippen LogP contribution < -0.4 is 11.2 Å². The third-order valence-electron chi connectivity index (χ3n) is 3.51. The molecule has 0 bridgehead atoms. The summed E-state index contributed by atoms with van der Waals surface area (Å²) in [6.45, 7) is 1.61. The number of H-pyrrole nitrogens is 2. The third kappa shape index (κ3) is 4.06. The van der Waals surface area contributed by atoms with Crippen LogP contribution in [0.15, 0.2) is 43.5 Å². The minimum Gasteiger partial charge on any atom is -0.416 e. The number of hydrogen-bond donors (Lipinski definition) is 2. The maximum Gasteiger partial charge on any atom is 0.325 e. The summed E-state index contributed by atoms with van der Waals surface area (Å²) in [6, 6.07) is 6.27. The van der Waals surface area contributed by atoms with Crippen LogP contribution >= 0.6 is 11.8 Å². The van der Waals surface area contributed by atoms with Gasteiger partial charge in [-0.05, 0) is 12.5 Å². The monoisotopic (exact) mass is 375 g/mol. The van der Waals surface area contributed by atoms with Gasteiger partial charge in [0.1, 0.15) is 0 Å². The van der Waals surface area contributed by atoms with Crippen LogP contribution in [0, 0.1) is 17.0 Å². The highest BCUT2D eigenvalue weighted by atomic mass is 32.2. The summed E-state index contributed by atoms with van der Waals surface area (Å²) >= 11 is 1.23. The molecule has 0 fully saturated rings. The number of aromatic nitrogens is 4. The molecule has 0 unspecified atom stereocenters. The van der Waals surface area contributed by atoms with Gasteiger partial charge in [0.15, 0.2) is 0 Å². The van der Waals surface area contributed by atoms with Crippen molar-refractivity contribution in [3.8, 4) is 0 Å². The van der Waals surface area contributed by atoms with Crippen molar-refractivity contribution in [1.29, 1.82) is 0 Å². The van der Waals surface area contributed by atoms with Crippen LogP contribution in [0.2, 0.25) is 0 Å². The van der Waals surface area contributed by atoms with Crippen molar-refractivity contribution in [3.63, 3.8) is 0 Å². The van der Waals surface area contributed by atoms with E-state index >= 15 is 0 Å². The summed E-state index contributed by atoms with van der Waals surface area (Å²) in [6.07, 6.45) is 0.0856. The van der Waals surface area contributed by atoms with E-state index in [1.165, 1.54) is 23.9 Å². The molecule has 2 aromatic heterocycles. The average molecular weight is 375 g/mol. The molecule has 0 saturated heterocycles. The number of nitro benzene ring substituents is 1. The molecule has 1 aromatic carbocycles. The Bertz CT molecular complexity index is 1070. The normalized spacial score (nSPS) is 10.8. The van der Waals surface area contributed by atoms with Gasteiger partial charge in [-0.25, -0.2) is 4.79 Å². The molecule has 2 N–H and O–H groups in total. The zero-order valence-corrected chi connectivity index (χ0v) is 14.3. The first-order valence-electron chi connectivity index (χ1n) is 7.43. The number of thioether (sulfide) groups is 1. The predicted molar refractivity (Wildman–Crippen MR) is 92.2 cm³/mol. The lowest BCUT2D eigenvalue weighted by atomic mass is 10.2. The lowest BCUT2D eigenvalue weighted by Gasteiger charge is -2.00. The highest BCUT2D eigenvalue weighted by Crippen LogP contribution is 2.24. The Balaban J connectivity index is 1.69. The van der Waals surface area contributed by atoms with Gasteiger partial charge in [-0.3, -0.25) is 19.9 Å². The van der Waals surface area contributed by atoms with Gasteiger partial charge in [0.25, 0.3) is 16.5 Å². The van der Waals surface area contributed by atoms with Gasteiger partial charge in [0.2, 0.25) is 5.89 Å². The summed E-state index contributed by atoms with van der Waals surface area (Å²) in [5, 5.41) is 18.8. The lowest BCUT2D eigenvalue weighted by Crippen LogP contribution is -2.27. The first-order valence-corrected chi connectivity index (χ1v) is 8.41. The van der Waals surface area contributed by atoms with E-state index in [4.69, 9.17) is 4.42 Å². The molecule has 0 aliphatic heterocycles. The van der Waals surface area contributed by atoms with E-state index in [9.17, 15) is 19.7 Å². The van der Waals surface area contributed by atoms with Crippen molar-refractivity contribution in [2.24, 2.45) is 0 Å². The van der Waals surface area contributed by atoms with Crippen molar-refractivity contribution in [3.05, 3.63) is 77.9 Å². The molecule has 2 heterocycles. The maximum atomic E-state index is 11.8. The summed E-state index contributed by atoms with van der Waals surface area (Å²) in [5.41, 5.74) is 0.454. The van der Waals surface area contributed by atoms with Gasteiger partial charge in [0, 0.05) is 29.1 Å². The van der Waals surface area contributed by atoms with Crippen LogP contribution in [0.25, 0.3) is 0 Å². The molecule has 0 saturated carbocycles. The molecule has 0 spiro atoms. The summed E-state index contributed by atoms with van der Waals surface area (Å²) in [4.78, 5) is 38.0. The highest BCUT2D eigenvalue weighted by molar-refractivity contribution is 7.98. The molecule has 3 rings (SSSR count). The van der Waals surface area contributed by atoms with E-state index in [1.807, 2.05) is 0 Å². The quantitative estimate of drug-likeness (QED) is 0.374. The highest BCUT2D eigenvalue weighted by Gasteiger charge is 2.13. The van der Waals surface area contributed by atoms with Crippen molar-refractivity contribution in [2.75, 3.05) is 0 Å². The Labute approximate surface area is 149 Å². The van der Waals surface area contributed by atoms with Crippen molar-refractivity contribution in [1.82, 2.24) is 20.2 Å². The second-order valence-electron chi connectivity index (χ2n) is 5.37. The molecule has 10 nitrogen and oxygen atoms in total. The first-order chi connectivity index (χ1) is 12.4. The molecular weight excluding hydrogens is 362 g/mol. The molecule has 0 aliphatic rings. The Morgan fingerprint density at radius 1 is 1.27 bits per heavy atom. The number of aryl methyl sites for hydroxylation is 1. The van der Waals surface area contributed by atoms with Gasteiger partial charge < -0.3 is 9.40 Å². The summed E-state index contributed by atoms with van der Waals surface area (Å²) in [5.74, 6) is 0.647. The number of nitrogens with zero attached hydrogens (tertiary/aromatic N) is 3. The fourth-order valence-electron chi connectivity index (χ4n) is 2.26. The third-order valence-corrected chi connectivity index (χ3v) is 4.40. The number of rotatable bonds is 6. The predicted octanol–water partition coefficient (Wildman–Crippen LogP) is 1.55. The van der Waals surface area contributed by atoms with Crippen molar-refractivity contribution >= 4 is 17.4 Å². The van der Waals surface area contributed by atoms with Crippen molar-refractivity contribution in [2.45, 2.75) is 24.3 Å². The van der Waals surface area contributed by atoms with E-state index in [0.717, 1.165) is 5.56 Å². The second kappa shape index (κ2) is 7.35. The van der Waals surface area contributed by atoms with Crippen LogP contribution in [0.3, 0.4) is 0 Å². The van der Waals surface area contributed by atoms with Gasteiger partial charge in [-0.2, -0.15) is 0 Å². The van der Waals surface area contributed by atoms with Crippen LogP contribution in [-0.2, 0) is 12.2 Å². The molecule has 0 atom stereocenters. The number of hydrogen-bond acceptors (Lipinski definition) is 8. The minimum absolute atomic E-state index is 0.0158. The smallest absolute Gasteiger partial charge is 0.325 e. The van der Waals surface area contributed by atoms with E-state index in [2.05, 4.69) is 20.2 Å². The standard InChI is InChI=1S/C15H13N5O5S/c1-8-11(13(21)17-14(22)16-8)6-12-18-19-15(25-12)26-7-9-3-2-4-10(5-9)20(23)24/h2-5H,6-7H2,1H3,(H2,16,17,21,22). The van der Waals surface area contributed by atoms with Crippen molar-refractivity contribution < 1.29 is 9.34 Å². The number of non-ortho nitro benzene ring substituents is 1. The van der Waals surface area contributed by atoms with Crippen LogP contribution in [-0.4, -0.2) is 25.1 Å². The van der Waals surface area contributed by atoms with Gasteiger partial charge in [0.05, 0.1) is 11.3 Å². The molecule has 11 heteroatoms. The Morgan fingerprint density at radius 2 is 2.08 bits per heavy atom. The molecule has 134 valence electrons. The molecule has 0 radical (unpaired) electrons. The lowest BCUT2D eigenvalue weighted by molar-refractivity contribution is -0.384. The van der Waals surface area contributed by atoms with Gasteiger partial charge in [-0.15, -0.1) is 10.2 Å². The molecule has 0 amide bonds. The first kappa shape index (κ1) is 17.6. The van der Waals surface area contributed by atoms with E-state index < -0.39 is 16.2 Å². The second-order valence-corrected chi connectivity index (χ2v) is 6.29. The van der Waals surface area contributed by atoms with Gasteiger partial charge in [-0.1, -0.05) is 23.9 Å². The molecule has 3 aromatic rings. The van der Waals surface area contributed by atoms with E-state index in [1.54, 1.807) is 19.1 Å². The molecular formula is C15H13N5O5S. The Morgan fingerprint density at radius 3 is 2.81 bits per heavy atom. The fraction of sp³-hybridized carbons (Fsp3) is 0.200. The number of nitro groups is 1. The Kier molecular flexibility index (Phi) is 4.98. The van der Waals surface area contributed by atoms with Gasteiger partial charge >= 0.3 is 5.69 Å². The average Bonchev–Trinajstić information content (AvgIpc) is 3.04. The largest absolute Gasteiger partial charge is 0.416 e. The van der Waals surface area contributed by atoms with Crippen LogP contribution in [0.5, 0.6) is 0 Å². The van der Waals surface area contributed by atoms with E-state index in [-0.39, 0.29) is 23.2 Å². The number of nitrogens with one attached hydrogen (secondary N) is 2. The van der Waals surface area contributed by atoms with Crippen LogP contribution in [0.1, 0.15) is 22.7 Å². The SMILES string of the molecule is Cc1[nH]c(=O)[nH]c(=O)c1Cc1nnc(SCc2cccc([N+](=O)[O-])c2)o1. The fourth-order valence-corrected chi connectivity index (χ4v) is 2.99. The number of aromatic amines is 2. The van der Waals surface area contributed by atoms with Crippen LogP contribution in [0.4, 0.5) is 5.69 Å². The molecule has 0 aliphatic carbocycles. The topological polar surface area (TPSA) is 148 Å². The minimum atomic E-state index is -0.574.